The minimum atomic E-state index is 0.574. The number of nitrogens with one attached hydrogen (secondary N) is 2. The summed E-state index contributed by atoms with van der Waals surface area (Å²) in [6.07, 6.45) is 9.28. The Hall–Kier alpha value is -1.36. The molecule has 1 aliphatic carbocycles. The molecule has 0 aliphatic heterocycles. The van der Waals surface area contributed by atoms with Gasteiger partial charge in [0, 0.05) is 32.5 Å². The second-order valence-electron chi connectivity index (χ2n) is 5.02. The van der Waals surface area contributed by atoms with E-state index < -0.39 is 0 Å². The Kier molecular flexibility index (Phi) is 5.88. The largest absolute Gasteiger partial charge is 0.385 e. The smallest absolute Gasteiger partial charge is 0.224 e. The van der Waals surface area contributed by atoms with Crippen LogP contribution >= 0.6 is 0 Å². The zero-order valence-corrected chi connectivity index (χ0v) is 11.7. The van der Waals surface area contributed by atoms with E-state index >= 15 is 0 Å². The van der Waals surface area contributed by atoms with Crippen LogP contribution in [0.2, 0.25) is 0 Å². The highest BCUT2D eigenvalue weighted by Crippen LogP contribution is 2.20. The van der Waals surface area contributed by atoms with E-state index in [0.29, 0.717) is 12.0 Å². The van der Waals surface area contributed by atoms with Crippen molar-refractivity contribution in [2.75, 3.05) is 30.9 Å². The quantitative estimate of drug-likeness (QED) is 0.741. The maximum Gasteiger partial charge on any atom is 0.224 e. The molecular weight excluding hydrogens is 240 g/mol. The van der Waals surface area contributed by atoms with Crippen LogP contribution < -0.4 is 10.6 Å². The normalized spacial score (nSPS) is 16.3. The summed E-state index contributed by atoms with van der Waals surface area (Å²) in [7, 11) is 1.71. The van der Waals surface area contributed by atoms with Crippen LogP contribution in [0.15, 0.2) is 12.3 Å². The standard InChI is InChI=1S/C14H24N4O/c1-19-11-5-9-15-14-16-10-8-13(18-14)17-12-6-3-2-4-7-12/h8,10,12H,2-7,9,11H2,1H3,(H2,15,16,17,18). The Labute approximate surface area is 115 Å². The van der Waals surface area contributed by atoms with E-state index in [1.165, 1.54) is 32.1 Å². The first-order chi connectivity index (χ1) is 9.38. The van der Waals surface area contributed by atoms with E-state index in [4.69, 9.17) is 4.74 Å². The number of anilines is 2. The maximum absolute atomic E-state index is 5.01. The van der Waals surface area contributed by atoms with Crippen LogP contribution in [0.25, 0.3) is 0 Å². The Morgan fingerprint density at radius 3 is 2.95 bits per heavy atom. The van der Waals surface area contributed by atoms with Gasteiger partial charge in [0.2, 0.25) is 5.95 Å². The van der Waals surface area contributed by atoms with Crippen molar-refractivity contribution < 1.29 is 4.74 Å². The fourth-order valence-electron chi connectivity index (χ4n) is 2.40. The van der Waals surface area contributed by atoms with Crippen molar-refractivity contribution in [2.24, 2.45) is 0 Å². The molecule has 1 aliphatic rings. The van der Waals surface area contributed by atoms with Crippen molar-refractivity contribution in [3.05, 3.63) is 12.3 Å². The van der Waals surface area contributed by atoms with E-state index in [9.17, 15) is 0 Å². The number of hydrogen-bond acceptors (Lipinski definition) is 5. The number of ether oxygens (including phenoxy) is 1. The summed E-state index contributed by atoms with van der Waals surface area (Å²) in [6.45, 7) is 1.59. The molecule has 1 heterocycles. The molecular formula is C14H24N4O. The van der Waals surface area contributed by atoms with E-state index in [-0.39, 0.29) is 0 Å². The third kappa shape index (κ3) is 5.03. The number of rotatable bonds is 7. The van der Waals surface area contributed by atoms with Crippen molar-refractivity contribution in [1.82, 2.24) is 9.97 Å². The highest BCUT2D eigenvalue weighted by atomic mass is 16.5. The van der Waals surface area contributed by atoms with Crippen LogP contribution in [0, 0.1) is 0 Å². The number of aromatic nitrogens is 2. The molecule has 0 bridgehead atoms. The zero-order valence-electron chi connectivity index (χ0n) is 11.7. The van der Waals surface area contributed by atoms with Crippen molar-refractivity contribution >= 4 is 11.8 Å². The SMILES string of the molecule is COCCCNc1nccc(NC2CCCCC2)n1. The van der Waals surface area contributed by atoms with Gasteiger partial charge in [0.05, 0.1) is 0 Å². The predicted octanol–water partition coefficient (Wildman–Crippen LogP) is 2.67. The molecule has 0 atom stereocenters. The second kappa shape index (κ2) is 7.94. The lowest BCUT2D eigenvalue weighted by Crippen LogP contribution is -2.23. The summed E-state index contributed by atoms with van der Waals surface area (Å²) in [5.41, 5.74) is 0. The fourth-order valence-corrected chi connectivity index (χ4v) is 2.40. The van der Waals surface area contributed by atoms with Crippen LogP contribution in [0.5, 0.6) is 0 Å². The van der Waals surface area contributed by atoms with E-state index in [1.54, 1.807) is 13.3 Å². The number of nitrogens with zero attached hydrogens (tertiary/aromatic N) is 2. The summed E-state index contributed by atoms with van der Waals surface area (Å²) in [5.74, 6) is 1.62. The van der Waals surface area contributed by atoms with Crippen LogP contribution in [0.3, 0.4) is 0 Å². The van der Waals surface area contributed by atoms with Gasteiger partial charge in [0.15, 0.2) is 0 Å². The average Bonchev–Trinajstić information content (AvgIpc) is 2.45. The lowest BCUT2D eigenvalue weighted by atomic mass is 9.95. The van der Waals surface area contributed by atoms with E-state index in [1.807, 2.05) is 6.07 Å². The highest BCUT2D eigenvalue weighted by Gasteiger charge is 2.13. The molecule has 2 rings (SSSR count). The molecule has 0 unspecified atom stereocenters. The lowest BCUT2D eigenvalue weighted by molar-refractivity contribution is 0.197. The molecule has 0 spiro atoms. The summed E-state index contributed by atoms with van der Waals surface area (Å²) in [5, 5.41) is 6.72. The first-order valence-electron chi connectivity index (χ1n) is 7.21. The van der Waals surface area contributed by atoms with Crippen LogP contribution in [-0.4, -0.2) is 36.3 Å². The number of methoxy groups -OCH3 is 1. The van der Waals surface area contributed by atoms with Crippen LogP contribution in [0.1, 0.15) is 38.5 Å². The maximum atomic E-state index is 5.01. The van der Waals surface area contributed by atoms with Crippen molar-refractivity contribution in [1.29, 1.82) is 0 Å². The molecule has 5 nitrogen and oxygen atoms in total. The van der Waals surface area contributed by atoms with Crippen molar-refractivity contribution in [3.8, 4) is 0 Å². The summed E-state index contributed by atoms with van der Waals surface area (Å²) >= 11 is 0. The molecule has 0 aromatic carbocycles. The Morgan fingerprint density at radius 2 is 2.16 bits per heavy atom. The molecule has 0 amide bonds. The Bertz CT molecular complexity index is 366. The molecule has 19 heavy (non-hydrogen) atoms. The summed E-state index contributed by atoms with van der Waals surface area (Å²) in [6, 6.07) is 2.51. The molecule has 1 aromatic rings. The first kappa shape index (κ1) is 14.1. The molecule has 1 saturated carbocycles. The minimum absolute atomic E-state index is 0.574. The van der Waals surface area contributed by atoms with Gasteiger partial charge in [-0.05, 0) is 25.3 Å². The fraction of sp³-hybridized carbons (Fsp3) is 0.714. The second-order valence-corrected chi connectivity index (χ2v) is 5.02. The van der Waals surface area contributed by atoms with Crippen LogP contribution in [0.4, 0.5) is 11.8 Å². The molecule has 5 heteroatoms. The lowest BCUT2D eigenvalue weighted by Gasteiger charge is -2.23. The van der Waals surface area contributed by atoms with Gasteiger partial charge in [-0.1, -0.05) is 19.3 Å². The van der Waals surface area contributed by atoms with Gasteiger partial charge in [0.25, 0.3) is 0 Å². The minimum Gasteiger partial charge on any atom is -0.385 e. The zero-order chi connectivity index (χ0) is 13.3. The van der Waals surface area contributed by atoms with Crippen LogP contribution in [-0.2, 0) is 4.74 Å². The molecule has 0 radical (unpaired) electrons. The van der Waals surface area contributed by atoms with E-state index in [2.05, 4.69) is 20.6 Å². The summed E-state index contributed by atoms with van der Waals surface area (Å²) < 4.78 is 5.01. The van der Waals surface area contributed by atoms with Gasteiger partial charge in [-0.2, -0.15) is 4.98 Å². The third-order valence-corrected chi connectivity index (χ3v) is 3.42. The average molecular weight is 264 g/mol. The monoisotopic (exact) mass is 264 g/mol. The van der Waals surface area contributed by atoms with Gasteiger partial charge in [-0.15, -0.1) is 0 Å². The molecule has 106 valence electrons. The van der Waals surface area contributed by atoms with Crippen molar-refractivity contribution in [2.45, 2.75) is 44.6 Å². The Balaban J connectivity index is 1.80. The van der Waals surface area contributed by atoms with Gasteiger partial charge < -0.3 is 15.4 Å². The van der Waals surface area contributed by atoms with E-state index in [0.717, 1.165) is 25.4 Å². The van der Waals surface area contributed by atoms with Gasteiger partial charge >= 0.3 is 0 Å². The highest BCUT2D eigenvalue weighted by molar-refractivity contribution is 5.40. The van der Waals surface area contributed by atoms with Gasteiger partial charge in [-0.25, -0.2) is 4.98 Å². The van der Waals surface area contributed by atoms with Gasteiger partial charge in [-0.3, -0.25) is 0 Å². The number of hydrogen-bond donors (Lipinski definition) is 2. The first-order valence-corrected chi connectivity index (χ1v) is 7.21. The third-order valence-electron chi connectivity index (χ3n) is 3.42. The Morgan fingerprint density at radius 1 is 1.32 bits per heavy atom. The van der Waals surface area contributed by atoms with Gasteiger partial charge in [0.1, 0.15) is 5.82 Å². The molecule has 1 aromatic heterocycles. The van der Waals surface area contributed by atoms with Crippen molar-refractivity contribution in [3.63, 3.8) is 0 Å². The molecule has 2 N–H and O–H groups in total. The topological polar surface area (TPSA) is 59.1 Å². The molecule has 1 fully saturated rings. The molecule has 0 saturated heterocycles. The summed E-state index contributed by atoms with van der Waals surface area (Å²) in [4.78, 5) is 8.72. The predicted molar refractivity (Wildman–Crippen MR) is 77.5 cm³/mol.